The Morgan fingerprint density at radius 3 is 1.52 bits per heavy atom. The lowest BCUT2D eigenvalue weighted by atomic mass is 10.0. The van der Waals surface area contributed by atoms with Crippen molar-refractivity contribution in [1.82, 2.24) is 5.32 Å². The number of rotatable bonds is 43. The molecule has 0 fully saturated rings. The largest absolute Gasteiger partial charge is 0.462 e. The molecule has 0 aromatic heterocycles. The number of carbonyl (C=O) groups is 2. The molecule has 6 heteroatoms. The number of hydrogen-bond donors (Lipinski definition) is 3. The van der Waals surface area contributed by atoms with Crippen LogP contribution in [-0.2, 0) is 14.3 Å². The monoisotopic (exact) mass is 812 g/mol. The van der Waals surface area contributed by atoms with Crippen LogP contribution in [0.3, 0.4) is 0 Å². The van der Waals surface area contributed by atoms with Gasteiger partial charge < -0.3 is 20.3 Å². The van der Waals surface area contributed by atoms with Crippen molar-refractivity contribution in [3.05, 3.63) is 60.8 Å². The molecule has 6 nitrogen and oxygen atoms in total. The highest BCUT2D eigenvalue weighted by molar-refractivity contribution is 5.77. The van der Waals surface area contributed by atoms with Gasteiger partial charge in [0, 0.05) is 6.42 Å². The van der Waals surface area contributed by atoms with Gasteiger partial charge >= 0.3 is 5.97 Å². The molecule has 3 N–H and O–H groups in total. The summed E-state index contributed by atoms with van der Waals surface area (Å²) in [4.78, 5) is 26.0. The van der Waals surface area contributed by atoms with Crippen molar-refractivity contribution in [2.45, 2.75) is 251 Å². The first kappa shape index (κ1) is 55.6. The number of amides is 1. The van der Waals surface area contributed by atoms with Crippen LogP contribution in [0, 0.1) is 0 Å². The molecule has 3 unspecified atom stereocenters. The Kier molecular flexibility index (Phi) is 43.7. The van der Waals surface area contributed by atoms with Crippen LogP contribution < -0.4 is 5.32 Å². The standard InChI is InChI=1S/C52H93NO5/c1-4-7-10-13-16-19-22-24-26-28-30-33-36-39-42-45-52(57)58-48(43-40-37-34-31-21-18-15-12-9-6-3)46-51(56)53-49(47-54)50(55)44-41-38-35-32-29-27-25-23-20-17-14-11-8-5-2/h7,10,13,16,18-19,21-22,24,26,48-50,54-55H,4-6,8-9,11-12,14-15,17,20,23,25,27-47H2,1-3H3,(H,53,56)/b10-7+,16-13+,21-18-,22-19+,26-24-. The van der Waals surface area contributed by atoms with E-state index in [0.717, 1.165) is 96.3 Å². The smallest absolute Gasteiger partial charge is 0.306 e. The lowest BCUT2D eigenvalue weighted by Gasteiger charge is -2.24. The minimum Gasteiger partial charge on any atom is -0.462 e. The molecular weight excluding hydrogens is 719 g/mol. The van der Waals surface area contributed by atoms with Crippen LogP contribution in [0.25, 0.3) is 0 Å². The second kappa shape index (κ2) is 45.6. The van der Waals surface area contributed by atoms with Gasteiger partial charge in [-0.2, -0.15) is 0 Å². The van der Waals surface area contributed by atoms with Crippen molar-refractivity contribution in [3.8, 4) is 0 Å². The van der Waals surface area contributed by atoms with Gasteiger partial charge in [0.15, 0.2) is 0 Å². The second-order valence-electron chi connectivity index (χ2n) is 16.6. The molecule has 0 aliphatic heterocycles. The summed E-state index contributed by atoms with van der Waals surface area (Å²) in [6.45, 7) is 6.30. The molecule has 0 saturated carbocycles. The van der Waals surface area contributed by atoms with Gasteiger partial charge in [-0.05, 0) is 70.6 Å². The summed E-state index contributed by atoms with van der Waals surface area (Å²) < 4.78 is 5.89. The Bertz CT molecular complexity index is 1050. The zero-order valence-corrected chi connectivity index (χ0v) is 38.2. The first-order valence-electron chi connectivity index (χ1n) is 24.6. The van der Waals surface area contributed by atoms with E-state index in [1.165, 1.54) is 89.9 Å². The normalized spacial score (nSPS) is 13.8. The molecule has 0 aromatic rings. The molecule has 3 atom stereocenters. The maximum atomic E-state index is 13.2. The van der Waals surface area contributed by atoms with E-state index in [0.29, 0.717) is 19.3 Å². The molecule has 58 heavy (non-hydrogen) atoms. The van der Waals surface area contributed by atoms with E-state index in [1.54, 1.807) is 0 Å². The number of aliphatic hydroxyl groups is 2. The predicted octanol–water partition coefficient (Wildman–Crippen LogP) is 14.5. The number of nitrogens with one attached hydrogen (secondary N) is 1. The van der Waals surface area contributed by atoms with Gasteiger partial charge in [-0.25, -0.2) is 0 Å². The fourth-order valence-electron chi connectivity index (χ4n) is 7.20. The zero-order chi connectivity index (χ0) is 42.4. The summed E-state index contributed by atoms with van der Waals surface area (Å²) in [5.74, 6) is -0.518. The first-order valence-corrected chi connectivity index (χ1v) is 24.6. The molecule has 0 spiro atoms. The zero-order valence-electron chi connectivity index (χ0n) is 38.2. The summed E-state index contributed by atoms with van der Waals surface area (Å²) in [6, 6.07) is -0.711. The second-order valence-corrected chi connectivity index (χ2v) is 16.6. The van der Waals surface area contributed by atoms with Crippen molar-refractivity contribution < 1.29 is 24.5 Å². The van der Waals surface area contributed by atoms with Crippen LogP contribution >= 0.6 is 0 Å². The summed E-state index contributed by atoms with van der Waals surface area (Å²) in [5, 5.41) is 23.7. The maximum absolute atomic E-state index is 13.2. The maximum Gasteiger partial charge on any atom is 0.306 e. The highest BCUT2D eigenvalue weighted by atomic mass is 16.5. The topological polar surface area (TPSA) is 95.9 Å². The molecule has 0 aliphatic rings. The van der Waals surface area contributed by atoms with Gasteiger partial charge in [-0.3, -0.25) is 9.59 Å². The van der Waals surface area contributed by atoms with Crippen LogP contribution in [0.1, 0.15) is 233 Å². The Labute approximate surface area is 358 Å². The van der Waals surface area contributed by atoms with Gasteiger partial charge in [-0.15, -0.1) is 0 Å². The highest BCUT2D eigenvalue weighted by Crippen LogP contribution is 2.17. The number of esters is 1. The Hall–Kier alpha value is -2.44. The molecular formula is C52H93NO5. The Balaban J connectivity index is 4.57. The lowest BCUT2D eigenvalue weighted by molar-refractivity contribution is -0.151. The van der Waals surface area contributed by atoms with Crippen molar-refractivity contribution in [3.63, 3.8) is 0 Å². The van der Waals surface area contributed by atoms with Gasteiger partial charge in [0.2, 0.25) is 5.91 Å². The minimum atomic E-state index is -0.796. The summed E-state index contributed by atoms with van der Waals surface area (Å²) in [5.41, 5.74) is 0. The summed E-state index contributed by atoms with van der Waals surface area (Å²) >= 11 is 0. The molecule has 336 valence electrons. The minimum absolute atomic E-state index is 0.0556. The molecule has 0 radical (unpaired) electrons. The third-order valence-electron chi connectivity index (χ3n) is 10.9. The predicted molar refractivity (Wildman–Crippen MR) is 250 cm³/mol. The van der Waals surface area contributed by atoms with Crippen LogP contribution in [0.5, 0.6) is 0 Å². The van der Waals surface area contributed by atoms with Crippen molar-refractivity contribution in [2.24, 2.45) is 0 Å². The van der Waals surface area contributed by atoms with E-state index in [-0.39, 0.29) is 24.9 Å². The Morgan fingerprint density at radius 1 is 0.517 bits per heavy atom. The average Bonchev–Trinajstić information content (AvgIpc) is 3.22. The highest BCUT2D eigenvalue weighted by Gasteiger charge is 2.24. The van der Waals surface area contributed by atoms with E-state index in [9.17, 15) is 19.8 Å². The van der Waals surface area contributed by atoms with E-state index in [2.05, 4.69) is 68.6 Å². The molecule has 0 heterocycles. The number of ether oxygens (including phenoxy) is 1. The van der Waals surface area contributed by atoms with Crippen LogP contribution in [0.4, 0.5) is 0 Å². The number of hydrogen-bond acceptors (Lipinski definition) is 5. The van der Waals surface area contributed by atoms with Crippen molar-refractivity contribution >= 4 is 11.9 Å². The van der Waals surface area contributed by atoms with Gasteiger partial charge in [0.05, 0.1) is 25.2 Å². The molecule has 0 bridgehead atoms. The molecule has 0 aliphatic carbocycles. The number of carbonyl (C=O) groups excluding carboxylic acids is 2. The van der Waals surface area contributed by atoms with Crippen molar-refractivity contribution in [1.29, 1.82) is 0 Å². The van der Waals surface area contributed by atoms with E-state index < -0.39 is 18.2 Å². The van der Waals surface area contributed by atoms with Crippen molar-refractivity contribution in [2.75, 3.05) is 6.61 Å². The number of unbranched alkanes of at least 4 members (excludes halogenated alkanes) is 24. The summed E-state index contributed by atoms with van der Waals surface area (Å²) in [7, 11) is 0. The summed E-state index contributed by atoms with van der Waals surface area (Å²) in [6.07, 6.45) is 55.6. The quantitative estimate of drug-likeness (QED) is 0.0247. The van der Waals surface area contributed by atoms with E-state index >= 15 is 0 Å². The molecule has 0 saturated heterocycles. The van der Waals surface area contributed by atoms with Crippen LogP contribution in [0.15, 0.2) is 60.8 Å². The lowest BCUT2D eigenvalue weighted by Crippen LogP contribution is -2.46. The average molecular weight is 812 g/mol. The number of allylic oxidation sites excluding steroid dienone is 10. The molecule has 0 aromatic carbocycles. The fraction of sp³-hybridized carbons (Fsp3) is 0.769. The first-order chi connectivity index (χ1) is 28.5. The Morgan fingerprint density at radius 2 is 0.948 bits per heavy atom. The van der Waals surface area contributed by atoms with Crippen LogP contribution in [0.2, 0.25) is 0 Å². The molecule has 0 rings (SSSR count). The molecule has 1 amide bonds. The van der Waals surface area contributed by atoms with E-state index in [1.807, 2.05) is 18.2 Å². The van der Waals surface area contributed by atoms with E-state index in [4.69, 9.17) is 4.74 Å². The van der Waals surface area contributed by atoms with Crippen LogP contribution in [-0.4, -0.2) is 46.9 Å². The third-order valence-corrected chi connectivity index (χ3v) is 10.9. The third kappa shape index (κ3) is 40.3. The number of aliphatic hydroxyl groups excluding tert-OH is 2. The van der Waals surface area contributed by atoms with Gasteiger partial charge in [0.25, 0.3) is 0 Å². The fourth-order valence-corrected chi connectivity index (χ4v) is 7.20. The SMILES string of the molecule is CC/C=C/C=C/C=C/C=C\CCCCCCCC(=O)OC(CCCCC/C=C\CCCCC)CC(=O)NC(CO)C(O)CCCCCCCCCCCCCCCC. The van der Waals surface area contributed by atoms with Gasteiger partial charge in [0.1, 0.15) is 6.10 Å². The van der Waals surface area contributed by atoms with Gasteiger partial charge in [-0.1, -0.05) is 210 Å².